The summed E-state index contributed by atoms with van der Waals surface area (Å²) in [7, 11) is 0. The van der Waals surface area contributed by atoms with Crippen LogP contribution in [0.1, 0.15) is 63.1 Å². The summed E-state index contributed by atoms with van der Waals surface area (Å²) in [6, 6.07) is 7.80. The molecule has 0 bridgehead atoms. The SMILES string of the molecule is CC(C)(C)OC(=O)N[C@@H](CC=O)c1ccc(C2CC2)cc1. The Kier molecular flexibility index (Phi) is 4.66. The van der Waals surface area contributed by atoms with Gasteiger partial charge in [0.15, 0.2) is 0 Å². The van der Waals surface area contributed by atoms with Gasteiger partial charge in [0.25, 0.3) is 0 Å². The van der Waals surface area contributed by atoms with E-state index >= 15 is 0 Å². The zero-order chi connectivity index (χ0) is 15.5. The number of hydrogen-bond acceptors (Lipinski definition) is 3. The summed E-state index contributed by atoms with van der Waals surface area (Å²) in [4.78, 5) is 22.7. The Morgan fingerprint density at radius 3 is 2.43 bits per heavy atom. The van der Waals surface area contributed by atoms with Crippen LogP contribution in [0.3, 0.4) is 0 Å². The lowest BCUT2D eigenvalue weighted by atomic mass is 10.0. The molecule has 1 aromatic carbocycles. The molecule has 1 aliphatic rings. The maximum absolute atomic E-state index is 11.9. The topological polar surface area (TPSA) is 55.4 Å². The summed E-state index contributed by atoms with van der Waals surface area (Å²) >= 11 is 0. The average molecular weight is 289 g/mol. The number of alkyl carbamates (subject to hydrolysis) is 1. The van der Waals surface area contributed by atoms with E-state index in [1.165, 1.54) is 18.4 Å². The van der Waals surface area contributed by atoms with Crippen LogP contribution in [0, 0.1) is 0 Å². The second kappa shape index (κ2) is 6.29. The molecule has 114 valence electrons. The highest BCUT2D eigenvalue weighted by atomic mass is 16.6. The van der Waals surface area contributed by atoms with Gasteiger partial charge < -0.3 is 14.8 Å². The number of carbonyl (C=O) groups is 2. The van der Waals surface area contributed by atoms with Gasteiger partial charge in [0, 0.05) is 6.42 Å². The Hall–Kier alpha value is -1.84. The first-order valence-electron chi connectivity index (χ1n) is 7.42. The first-order valence-corrected chi connectivity index (χ1v) is 7.42. The number of aldehydes is 1. The van der Waals surface area contributed by atoms with E-state index in [4.69, 9.17) is 4.74 Å². The smallest absolute Gasteiger partial charge is 0.408 e. The lowest BCUT2D eigenvalue weighted by molar-refractivity contribution is -0.108. The number of nitrogens with one attached hydrogen (secondary N) is 1. The Bertz CT molecular complexity index is 498. The van der Waals surface area contributed by atoms with E-state index < -0.39 is 11.7 Å². The lowest BCUT2D eigenvalue weighted by Crippen LogP contribution is -2.35. The van der Waals surface area contributed by atoms with Crippen molar-refractivity contribution in [3.8, 4) is 0 Å². The van der Waals surface area contributed by atoms with Gasteiger partial charge in [-0.3, -0.25) is 0 Å². The predicted octanol–water partition coefficient (Wildman–Crippen LogP) is 3.72. The van der Waals surface area contributed by atoms with Crippen LogP contribution in [0.15, 0.2) is 24.3 Å². The minimum Gasteiger partial charge on any atom is -0.444 e. The molecule has 0 heterocycles. The van der Waals surface area contributed by atoms with Gasteiger partial charge in [-0.25, -0.2) is 4.79 Å². The maximum Gasteiger partial charge on any atom is 0.408 e. The van der Waals surface area contributed by atoms with Crippen LogP contribution in [0.5, 0.6) is 0 Å². The monoisotopic (exact) mass is 289 g/mol. The normalized spacial score (nSPS) is 16.1. The van der Waals surface area contributed by atoms with Crippen molar-refractivity contribution >= 4 is 12.4 Å². The van der Waals surface area contributed by atoms with Gasteiger partial charge >= 0.3 is 6.09 Å². The van der Waals surface area contributed by atoms with Crippen molar-refractivity contribution in [3.05, 3.63) is 35.4 Å². The summed E-state index contributed by atoms with van der Waals surface area (Å²) in [6.45, 7) is 5.43. The highest BCUT2D eigenvalue weighted by Crippen LogP contribution is 2.40. The fraction of sp³-hybridized carbons (Fsp3) is 0.529. The van der Waals surface area contributed by atoms with E-state index in [0.29, 0.717) is 5.92 Å². The molecule has 1 atom stereocenters. The molecule has 21 heavy (non-hydrogen) atoms. The highest BCUT2D eigenvalue weighted by Gasteiger charge is 2.24. The minimum atomic E-state index is -0.550. The fourth-order valence-electron chi connectivity index (χ4n) is 2.24. The summed E-state index contributed by atoms with van der Waals surface area (Å²) in [5.41, 5.74) is 1.71. The largest absolute Gasteiger partial charge is 0.444 e. The summed E-state index contributed by atoms with van der Waals surface area (Å²) in [5.74, 6) is 0.697. The van der Waals surface area contributed by atoms with Gasteiger partial charge in [0.1, 0.15) is 11.9 Å². The molecule has 4 nitrogen and oxygen atoms in total. The number of amides is 1. The molecular weight excluding hydrogens is 266 g/mol. The molecule has 1 amide bonds. The molecule has 1 fully saturated rings. The van der Waals surface area contributed by atoms with Gasteiger partial charge in [-0.05, 0) is 50.7 Å². The molecule has 0 spiro atoms. The van der Waals surface area contributed by atoms with E-state index in [0.717, 1.165) is 11.8 Å². The number of ether oxygens (including phenoxy) is 1. The zero-order valence-electron chi connectivity index (χ0n) is 12.9. The number of hydrogen-bond donors (Lipinski definition) is 1. The fourth-order valence-corrected chi connectivity index (χ4v) is 2.24. The van der Waals surface area contributed by atoms with Crippen molar-refractivity contribution in [1.29, 1.82) is 0 Å². The molecule has 1 aromatic rings. The summed E-state index contributed by atoms with van der Waals surface area (Å²) < 4.78 is 5.24. The van der Waals surface area contributed by atoms with Crippen LogP contribution < -0.4 is 5.32 Å². The average Bonchev–Trinajstić information content (AvgIpc) is 3.20. The second-order valence-corrected chi connectivity index (χ2v) is 6.54. The van der Waals surface area contributed by atoms with Gasteiger partial charge in [0.05, 0.1) is 6.04 Å². The quantitative estimate of drug-likeness (QED) is 0.840. The molecule has 0 unspecified atom stereocenters. The molecular formula is C17H23NO3. The predicted molar refractivity (Wildman–Crippen MR) is 81.2 cm³/mol. The lowest BCUT2D eigenvalue weighted by Gasteiger charge is -2.23. The zero-order valence-corrected chi connectivity index (χ0v) is 12.9. The van der Waals surface area contributed by atoms with Gasteiger partial charge in [-0.1, -0.05) is 24.3 Å². The molecule has 2 rings (SSSR count). The summed E-state index contributed by atoms with van der Waals surface area (Å²) in [6.07, 6.45) is 3.07. The van der Waals surface area contributed by atoms with E-state index in [2.05, 4.69) is 17.4 Å². The molecule has 1 saturated carbocycles. The van der Waals surface area contributed by atoms with Crippen molar-refractivity contribution in [1.82, 2.24) is 5.32 Å². The van der Waals surface area contributed by atoms with Crippen LogP contribution in [0.4, 0.5) is 4.79 Å². The van der Waals surface area contributed by atoms with Crippen LogP contribution in [-0.4, -0.2) is 18.0 Å². The Morgan fingerprint density at radius 2 is 1.95 bits per heavy atom. The summed E-state index contributed by atoms with van der Waals surface area (Å²) in [5, 5.41) is 2.76. The van der Waals surface area contributed by atoms with E-state index in [1.807, 2.05) is 32.9 Å². The third kappa shape index (κ3) is 4.88. The van der Waals surface area contributed by atoms with Gasteiger partial charge in [-0.15, -0.1) is 0 Å². The molecule has 0 aromatic heterocycles. The Labute approximate surface area is 125 Å². The second-order valence-electron chi connectivity index (χ2n) is 6.54. The maximum atomic E-state index is 11.9. The standard InChI is InChI=1S/C17H23NO3/c1-17(2,3)21-16(20)18-15(10-11-19)14-8-6-13(7-9-14)12-4-5-12/h6-9,11-12,15H,4-5,10H2,1-3H3,(H,18,20)/t15-/m0/s1. The van der Waals surface area contributed by atoms with Crippen molar-refractivity contribution in [2.75, 3.05) is 0 Å². The van der Waals surface area contributed by atoms with Crippen molar-refractivity contribution in [2.24, 2.45) is 0 Å². The molecule has 0 aliphatic heterocycles. The first-order chi connectivity index (χ1) is 9.89. The van der Waals surface area contributed by atoms with E-state index in [9.17, 15) is 9.59 Å². The Morgan fingerprint density at radius 1 is 1.33 bits per heavy atom. The molecule has 0 saturated heterocycles. The Balaban J connectivity index is 2.03. The molecule has 1 aliphatic carbocycles. The van der Waals surface area contributed by atoms with Crippen LogP contribution in [-0.2, 0) is 9.53 Å². The van der Waals surface area contributed by atoms with Crippen molar-refractivity contribution < 1.29 is 14.3 Å². The van der Waals surface area contributed by atoms with E-state index in [-0.39, 0.29) is 12.5 Å². The van der Waals surface area contributed by atoms with Gasteiger partial charge in [-0.2, -0.15) is 0 Å². The first kappa shape index (κ1) is 15.5. The molecule has 0 radical (unpaired) electrons. The van der Waals surface area contributed by atoms with Crippen molar-refractivity contribution in [3.63, 3.8) is 0 Å². The number of benzene rings is 1. The van der Waals surface area contributed by atoms with Gasteiger partial charge in [0.2, 0.25) is 0 Å². The number of carbonyl (C=O) groups excluding carboxylic acids is 2. The van der Waals surface area contributed by atoms with Crippen LogP contribution in [0.25, 0.3) is 0 Å². The van der Waals surface area contributed by atoms with Crippen LogP contribution >= 0.6 is 0 Å². The third-order valence-corrected chi connectivity index (χ3v) is 3.41. The third-order valence-electron chi connectivity index (χ3n) is 3.41. The molecule has 1 N–H and O–H groups in total. The number of rotatable bonds is 5. The molecule has 4 heteroatoms. The van der Waals surface area contributed by atoms with E-state index in [1.54, 1.807) is 0 Å². The van der Waals surface area contributed by atoms with Crippen molar-refractivity contribution in [2.45, 2.75) is 57.6 Å². The minimum absolute atomic E-state index is 0.238. The van der Waals surface area contributed by atoms with Crippen LogP contribution in [0.2, 0.25) is 0 Å². The highest BCUT2D eigenvalue weighted by molar-refractivity contribution is 5.69.